The van der Waals surface area contributed by atoms with E-state index < -0.39 is 17.0 Å². The van der Waals surface area contributed by atoms with Crippen LogP contribution in [0.4, 0.5) is 0 Å². The Morgan fingerprint density at radius 1 is 1.18 bits per heavy atom. The van der Waals surface area contributed by atoms with Crippen molar-refractivity contribution < 1.29 is 19.4 Å². The molecule has 0 heterocycles. The molecule has 0 saturated carbocycles. The summed E-state index contributed by atoms with van der Waals surface area (Å²) in [5.74, 6) is -0.476. The molecular weight excluding hydrogens is 352 g/mol. The molecule has 0 fully saturated rings. The predicted molar refractivity (Wildman–Crippen MR) is 112 cm³/mol. The van der Waals surface area contributed by atoms with Crippen LogP contribution in [0.1, 0.15) is 38.3 Å². The first-order chi connectivity index (χ1) is 13.1. The molecule has 0 spiro atoms. The lowest BCUT2D eigenvalue weighted by Gasteiger charge is -2.44. The lowest BCUT2D eigenvalue weighted by molar-refractivity contribution is -0.134. The first kappa shape index (κ1) is 21.6. The summed E-state index contributed by atoms with van der Waals surface area (Å²) in [6.07, 6.45) is 10.1. The van der Waals surface area contributed by atoms with Crippen LogP contribution in [0.25, 0.3) is 6.08 Å². The molecule has 0 saturated heterocycles. The monoisotopic (exact) mass is 380 g/mol. The minimum absolute atomic E-state index is 0.0199. The summed E-state index contributed by atoms with van der Waals surface area (Å²) in [6, 6.07) is 7.99. The second kappa shape index (κ2) is 8.53. The molecule has 1 aromatic rings. The number of hydrogen-bond acceptors (Lipinski definition) is 4. The van der Waals surface area contributed by atoms with E-state index in [-0.39, 0.29) is 12.2 Å². The molecule has 2 rings (SSSR count). The Morgan fingerprint density at radius 3 is 2.43 bits per heavy atom. The van der Waals surface area contributed by atoms with Crippen molar-refractivity contribution in [2.45, 2.75) is 39.7 Å². The standard InChI is InChI=1S/C24H28O4/c1-17-6-8-19(9-7-17)10-11-20-15-21(25)16-23(3,4)24(20,27)13-12-18(2)14-22(26)28-5/h6-15,27H,16H2,1-5H3/b11-10+,13-12+,18-14-/t24-/m1/s1. The first-order valence-electron chi connectivity index (χ1n) is 9.25. The fraction of sp³-hybridized carbons (Fsp3) is 0.333. The quantitative estimate of drug-likeness (QED) is 0.469. The molecule has 1 aliphatic carbocycles. The maximum absolute atomic E-state index is 12.2. The fourth-order valence-electron chi connectivity index (χ4n) is 3.20. The summed E-state index contributed by atoms with van der Waals surface area (Å²) in [5, 5.41) is 11.5. The number of benzene rings is 1. The van der Waals surface area contributed by atoms with Gasteiger partial charge in [-0.25, -0.2) is 4.79 Å². The van der Waals surface area contributed by atoms with Gasteiger partial charge in [0.2, 0.25) is 0 Å². The summed E-state index contributed by atoms with van der Waals surface area (Å²) >= 11 is 0. The lowest BCUT2D eigenvalue weighted by atomic mass is 9.64. The number of carbonyl (C=O) groups is 2. The average Bonchev–Trinajstić information content (AvgIpc) is 2.62. The van der Waals surface area contributed by atoms with E-state index in [4.69, 9.17) is 0 Å². The van der Waals surface area contributed by atoms with E-state index in [9.17, 15) is 14.7 Å². The van der Waals surface area contributed by atoms with Crippen molar-refractivity contribution in [2.75, 3.05) is 7.11 Å². The second-order valence-electron chi connectivity index (χ2n) is 7.88. The van der Waals surface area contributed by atoms with E-state index in [1.165, 1.54) is 19.3 Å². The van der Waals surface area contributed by atoms with Gasteiger partial charge in [-0.15, -0.1) is 0 Å². The molecule has 0 unspecified atom stereocenters. The summed E-state index contributed by atoms with van der Waals surface area (Å²) < 4.78 is 4.63. The first-order valence-corrected chi connectivity index (χ1v) is 9.25. The molecule has 28 heavy (non-hydrogen) atoms. The number of carbonyl (C=O) groups excluding carboxylic acids is 2. The number of aryl methyl sites for hydroxylation is 1. The van der Waals surface area contributed by atoms with Crippen molar-refractivity contribution in [2.24, 2.45) is 5.41 Å². The van der Waals surface area contributed by atoms with Crippen molar-refractivity contribution in [1.29, 1.82) is 0 Å². The van der Waals surface area contributed by atoms with Crippen LogP contribution in [0.2, 0.25) is 0 Å². The molecule has 0 bridgehead atoms. The van der Waals surface area contributed by atoms with Crippen molar-refractivity contribution in [1.82, 2.24) is 0 Å². The zero-order valence-corrected chi connectivity index (χ0v) is 17.2. The van der Waals surface area contributed by atoms with Gasteiger partial charge in [0.25, 0.3) is 0 Å². The number of aliphatic hydroxyl groups is 1. The van der Waals surface area contributed by atoms with Crippen LogP contribution >= 0.6 is 0 Å². The van der Waals surface area contributed by atoms with Gasteiger partial charge in [-0.2, -0.15) is 0 Å². The molecule has 0 radical (unpaired) electrons. The van der Waals surface area contributed by atoms with Crippen molar-refractivity contribution >= 4 is 17.8 Å². The lowest BCUT2D eigenvalue weighted by Crippen LogP contribution is -2.48. The van der Waals surface area contributed by atoms with E-state index >= 15 is 0 Å². The van der Waals surface area contributed by atoms with Crippen LogP contribution in [0, 0.1) is 12.3 Å². The maximum atomic E-state index is 12.2. The van der Waals surface area contributed by atoms with E-state index in [1.807, 2.05) is 51.1 Å². The van der Waals surface area contributed by atoms with Gasteiger partial charge in [0.05, 0.1) is 7.11 Å². The highest BCUT2D eigenvalue weighted by molar-refractivity contribution is 5.94. The third kappa shape index (κ3) is 4.96. The Balaban J connectivity index is 2.42. The van der Waals surface area contributed by atoms with Crippen molar-refractivity contribution in [3.05, 3.63) is 76.9 Å². The molecule has 1 aliphatic rings. The smallest absolute Gasteiger partial charge is 0.330 e. The number of ketones is 1. The highest BCUT2D eigenvalue weighted by Gasteiger charge is 2.47. The number of allylic oxidation sites excluding steroid dienone is 3. The van der Waals surface area contributed by atoms with Crippen LogP contribution in [-0.2, 0) is 14.3 Å². The van der Waals surface area contributed by atoms with E-state index in [0.717, 1.165) is 11.1 Å². The second-order valence-corrected chi connectivity index (χ2v) is 7.88. The van der Waals surface area contributed by atoms with E-state index in [1.54, 1.807) is 25.2 Å². The zero-order chi connectivity index (χ0) is 20.9. The highest BCUT2D eigenvalue weighted by Crippen LogP contribution is 2.45. The van der Waals surface area contributed by atoms with Crippen LogP contribution in [0.3, 0.4) is 0 Å². The van der Waals surface area contributed by atoms with Crippen LogP contribution in [0.15, 0.2) is 65.8 Å². The minimum atomic E-state index is -1.35. The summed E-state index contributed by atoms with van der Waals surface area (Å²) in [5.41, 5.74) is 1.26. The molecule has 0 aromatic heterocycles. The molecule has 0 amide bonds. The zero-order valence-electron chi connectivity index (χ0n) is 17.2. The van der Waals surface area contributed by atoms with Gasteiger partial charge in [0, 0.05) is 17.9 Å². The highest BCUT2D eigenvalue weighted by atomic mass is 16.5. The normalized spacial score (nSPS) is 22.6. The third-order valence-corrected chi connectivity index (χ3v) is 5.07. The molecule has 4 heteroatoms. The molecule has 1 N–H and O–H groups in total. The van der Waals surface area contributed by atoms with Gasteiger partial charge >= 0.3 is 5.97 Å². The molecule has 4 nitrogen and oxygen atoms in total. The van der Waals surface area contributed by atoms with Gasteiger partial charge in [-0.3, -0.25) is 4.79 Å². The van der Waals surface area contributed by atoms with E-state index in [0.29, 0.717) is 11.1 Å². The van der Waals surface area contributed by atoms with Gasteiger partial charge in [-0.1, -0.05) is 61.9 Å². The number of hydrogen-bond donors (Lipinski definition) is 1. The fourth-order valence-corrected chi connectivity index (χ4v) is 3.20. The molecule has 0 aliphatic heterocycles. The van der Waals surface area contributed by atoms with Crippen LogP contribution in [0.5, 0.6) is 0 Å². The van der Waals surface area contributed by atoms with Gasteiger partial charge in [0.1, 0.15) is 5.60 Å². The average molecular weight is 380 g/mol. The van der Waals surface area contributed by atoms with Gasteiger partial charge in [-0.05, 0) is 42.7 Å². The molecule has 1 aromatic carbocycles. The topological polar surface area (TPSA) is 63.6 Å². The van der Waals surface area contributed by atoms with Gasteiger partial charge < -0.3 is 9.84 Å². The summed E-state index contributed by atoms with van der Waals surface area (Å²) in [4.78, 5) is 23.6. The van der Waals surface area contributed by atoms with Crippen LogP contribution in [-0.4, -0.2) is 29.6 Å². The third-order valence-electron chi connectivity index (χ3n) is 5.07. The maximum Gasteiger partial charge on any atom is 0.330 e. The minimum Gasteiger partial charge on any atom is -0.466 e. The Labute approximate surface area is 166 Å². The molecule has 1 atom stereocenters. The Bertz CT molecular complexity index is 866. The Hall–Kier alpha value is -2.72. The number of methoxy groups -OCH3 is 1. The Kier molecular flexibility index (Phi) is 6.57. The number of esters is 1. The Morgan fingerprint density at radius 2 is 1.82 bits per heavy atom. The van der Waals surface area contributed by atoms with E-state index in [2.05, 4.69) is 4.74 Å². The van der Waals surface area contributed by atoms with Crippen LogP contribution < -0.4 is 0 Å². The molecular formula is C24H28O4. The SMILES string of the molecule is COC(=O)/C=C(C)\C=C\[C@@]1(O)C(/C=C/c2ccc(C)cc2)=CC(=O)CC1(C)C. The molecule has 148 valence electrons. The predicted octanol–water partition coefficient (Wildman–Crippen LogP) is 4.34. The largest absolute Gasteiger partial charge is 0.466 e. The number of rotatable bonds is 5. The van der Waals surface area contributed by atoms with Gasteiger partial charge in [0.15, 0.2) is 5.78 Å². The summed E-state index contributed by atoms with van der Waals surface area (Å²) in [7, 11) is 1.32. The van der Waals surface area contributed by atoms with Crippen molar-refractivity contribution in [3.63, 3.8) is 0 Å². The summed E-state index contributed by atoms with van der Waals surface area (Å²) in [6.45, 7) is 7.50. The number of ether oxygens (including phenoxy) is 1. The van der Waals surface area contributed by atoms with Crippen molar-refractivity contribution in [3.8, 4) is 0 Å².